The molecule has 0 fully saturated rings. The van der Waals surface area contributed by atoms with Crippen molar-refractivity contribution in [3.63, 3.8) is 0 Å². The minimum absolute atomic E-state index is 0.195. The van der Waals surface area contributed by atoms with Gasteiger partial charge in [-0.05, 0) is 88.5 Å². The Balaban J connectivity index is 1.36. The lowest BCUT2D eigenvalue weighted by molar-refractivity contribution is 0.0990. The molecule has 1 heterocycles. The summed E-state index contributed by atoms with van der Waals surface area (Å²) in [6.45, 7) is 4.59. The molecule has 5 aromatic carbocycles. The van der Waals surface area contributed by atoms with E-state index >= 15 is 0 Å². The second-order valence-corrected chi connectivity index (χ2v) is 12.9. The van der Waals surface area contributed by atoms with E-state index in [0.29, 0.717) is 11.1 Å². The van der Waals surface area contributed by atoms with E-state index in [4.69, 9.17) is 0 Å². The Kier molecular flexibility index (Phi) is 6.41. The maximum absolute atomic E-state index is 13.4. The Hall–Kier alpha value is -4.06. The predicted molar refractivity (Wildman–Crippen MR) is 177 cm³/mol. The van der Waals surface area contributed by atoms with Crippen molar-refractivity contribution in [1.29, 1.82) is 0 Å². The number of carbonyl (C=O) groups is 2. The second-order valence-electron chi connectivity index (χ2n) is 11.2. The van der Waals surface area contributed by atoms with Gasteiger partial charge in [-0.2, -0.15) is 0 Å². The number of fused-ring (bicyclic) bond motifs is 5. The Labute approximate surface area is 254 Å². The highest BCUT2D eigenvalue weighted by atomic mass is 32.2. The van der Waals surface area contributed by atoms with Crippen LogP contribution >= 0.6 is 23.5 Å². The lowest BCUT2D eigenvalue weighted by atomic mass is 9.71. The van der Waals surface area contributed by atoms with Crippen LogP contribution in [0.4, 0.5) is 17.1 Å². The van der Waals surface area contributed by atoms with Crippen molar-refractivity contribution in [2.45, 2.75) is 29.1 Å². The molecule has 7 rings (SSSR count). The number of hydrogen-bond acceptors (Lipinski definition) is 5. The van der Waals surface area contributed by atoms with E-state index in [0.717, 1.165) is 37.5 Å². The molecule has 0 amide bonds. The Morgan fingerprint density at radius 3 is 2.00 bits per heavy atom. The second kappa shape index (κ2) is 10.0. The van der Waals surface area contributed by atoms with Gasteiger partial charge < -0.3 is 4.90 Å². The monoisotopic (exact) mass is 583 g/mol. The van der Waals surface area contributed by atoms with Gasteiger partial charge in [0, 0.05) is 32.0 Å². The average molecular weight is 584 g/mol. The molecule has 5 heteroatoms. The summed E-state index contributed by atoms with van der Waals surface area (Å²) in [5, 5.41) is 2.24. The highest BCUT2D eigenvalue weighted by molar-refractivity contribution is 8.01. The van der Waals surface area contributed by atoms with Crippen LogP contribution in [0.1, 0.15) is 51.3 Å². The highest BCUT2D eigenvalue weighted by Crippen LogP contribution is 2.53. The number of carbonyl (C=O) groups excluding carboxylic acids is 2. The topological polar surface area (TPSA) is 37.4 Å². The predicted octanol–water partition coefficient (Wildman–Crippen LogP) is 9.86. The summed E-state index contributed by atoms with van der Waals surface area (Å²) in [7, 11) is 0. The van der Waals surface area contributed by atoms with Crippen molar-refractivity contribution in [2.24, 2.45) is 0 Å². The van der Waals surface area contributed by atoms with Gasteiger partial charge in [0.25, 0.3) is 0 Å². The Morgan fingerprint density at radius 2 is 1.33 bits per heavy atom. The molecular formula is C37H29NO2S2. The summed E-state index contributed by atoms with van der Waals surface area (Å²) >= 11 is 3.19. The van der Waals surface area contributed by atoms with Gasteiger partial charge in [0.05, 0.1) is 16.9 Å². The zero-order chi connectivity index (χ0) is 29.2. The molecule has 1 aliphatic heterocycles. The summed E-state index contributed by atoms with van der Waals surface area (Å²) in [5.41, 5.74) is 7.85. The number of hydrogen-bond donors (Lipinski definition) is 0. The number of nitrogens with zero attached hydrogens (tertiary/aromatic N) is 1. The Bertz CT molecular complexity index is 1930. The first-order chi connectivity index (χ1) is 20.3. The molecule has 206 valence electrons. The fourth-order valence-corrected chi connectivity index (χ4v) is 8.02. The van der Waals surface area contributed by atoms with Crippen LogP contribution in [0.15, 0.2) is 112 Å². The molecule has 0 saturated heterocycles. The minimum Gasteiger partial charge on any atom is -0.310 e. The zero-order valence-electron chi connectivity index (χ0n) is 23.9. The SMILES string of the molecule is CSc1cc2c(cc1SC)C(=O)C(=Cc1ccc3c4c(ccc3c1)N(c1ccccc1)c1ccccc1C4(C)C)C2=O. The van der Waals surface area contributed by atoms with E-state index in [1.807, 2.05) is 36.8 Å². The number of thioether (sulfide) groups is 2. The first-order valence-corrected chi connectivity index (χ1v) is 16.4. The first kappa shape index (κ1) is 26.8. The quantitative estimate of drug-likeness (QED) is 0.120. The standard InChI is InChI=1S/C37H29NO2S2/c1-37(2)29-12-8-9-13-30(29)38(24-10-6-5-7-11-24)31-17-15-23-18-22(14-16-25(23)34(31)37)19-28-35(39)26-20-32(41-3)33(42-4)21-27(26)36(28)40/h5-21H,1-4H3. The third-order valence-corrected chi connectivity index (χ3v) is 10.2. The van der Waals surface area contributed by atoms with Gasteiger partial charge in [-0.15, -0.1) is 23.5 Å². The van der Waals surface area contributed by atoms with E-state index < -0.39 is 0 Å². The molecular weight excluding hydrogens is 555 g/mol. The number of para-hydroxylation sites is 2. The number of ketones is 2. The molecule has 0 aromatic heterocycles. The summed E-state index contributed by atoms with van der Waals surface area (Å²) in [5.74, 6) is -0.389. The fraction of sp³-hybridized carbons (Fsp3) is 0.135. The smallest absolute Gasteiger partial charge is 0.197 e. The summed E-state index contributed by atoms with van der Waals surface area (Å²) in [4.78, 5) is 31.2. The maximum atomic E-state index is 13.4. The third-order valence-electron chi connectivity index (χ3n) is 8.53. The molecule has 2 aliphatic rings. The highest BCUT2D eigenvalue weighted by Gasteiger charge is 2.38. The number of allylic oxidation sites excluding steroid dienone is 1. The molecule has 0 N–H and O–H groups in total. The van der Waals surface area contributed by atoms with Crippen molar-refractivity contribution >= 4 is 69.0 Å². The van der Waals surface area contributed by atoms with E-state index in [1.165, 1.54) is 16.8 Å². The van der Waals surface area contributed by atoms with Crippen molar-refractivity contribution in [2.75, 3.05) is 17.4 Å². The molecule has 0 unspecified atom stereocenters. The number of Topliss-reactive ketones (excluding diaryl/α,β-unsaturated/α-hetero) is 2. The van der Waals surface area contributed by atoms with Crippen LogP contribution in [0, 0.1) is 0 Å². The molecule has 1 aliphatic carbocycles. The molecule has 0 saturated carbocycles. The van der Waals surface area contributed by atoms with Gasteiger partial charge in [0.2, 0.25) is 0 Å². The van der Waals surface area contributed by atoms with Gasteiger partial charge in [0.15, 0.2) is 11.6 Å². The summed E-state index contributed by atoms with van der Waals surface area (Å²) < 4.78 is 0. The lowest BCUT2D eigenvalue weighted by Gasteiger charge is -2.42. The lowest BCUT2D eigenvalue weighted by Crippen LogP contribution is -2.30. The van der Waals surface area contributed by atoms with Crippen LogP contribution in [0.2, 0.25) is 0 Å². The number of rotatable bonds is 4. The maximum Gasteiger partial charge on any atom is 0.197 e. The third kappa shape index (κ3) is 3.98. The molecule has 0 atom stereocenters. The largest absolute Gasteiger partial charge is 0.310 e. The van der Waals surface area contributed by atoms with Crippen molar-refractivity contribution in [3.05, 3.63) is 130 Å². The van der Waals surface area contributed by atoms with E-state index in [-0.39, 0.29) is 22.6 Å². The zero-order valence-corrected chi connectivity index (χ0v) is 25.5. The van der Waals surface area contributed by atoms with E-state index in [9.17, 15) is 9.59 Å². The van der Waals surface area contributed by atoms with Crippen molar-refractivity contribution in [3.8, 4) is 0 Å². The normalized spacial score (nSPS) is 15.0. The van der Waals surface area contributed by atoms with Gasteiger partial charge in [-0.25, -0.2) is 0 Å². The molecule has 0 spiro atoms. The Morgan fingerprint density at radius 1 is 0.690 bits per heavy atom. The van der Waals surface area contributed by atoms with Gasteiger partial charge in [0.1, 0.15) is 0 Å². The summed E-state index contributed by atoms with van der Waals surface area (Å²) in [6.07, 6.45) is 5.75. The van der Waals surface area contributed by atoms with Crippen molar-refractivity contribution in [1.82, 2.24) is 0 Å². The minimum atomic E-state index is -0.236. The van der Waals surface area contributed by atoms with Crippen LogP contribution in [0.25, 0.3) is 16.8 Å². The number of benzene rings is 5. The first-order valence-electron chi connectivity index (χ1n) is 13.9. The fourth-order valence-electron chi connectivity index (χ4n) is 6.53. The van der Waals surface area contributed by atoms with Crippen LogP contribution in [-0.2, 0) is 5.41 Å². The van der Waals surface area contributed by atoms with Gasteiger partial charge in [-0.1, -0.05) is 68.4 Å². The van der Waals surface area contributed by atoms with E-state index in [1.54, 1.807) is 29.6 Å². The summed E-state index contributed by atoms with van der Waals surface area (Å²) in [6, 6.07) is 33.5. The van der Waals surface area contributed by atoms with Crippen LogP contribution in [-0.4, -0.2) is 24.1 Å². The number of anilines is 3. The van der Waals surface area contributed by atoms with Crippen LogP contribution < -0.4 is 4.90 Å². The molecule has 3 nitrogen and oxygen atoms in total. The molecule has 0 radical (unpaired) electrons. The van der Waals surface area contributed by atoms with E-state index in [2.05, 4.69) is 91.5 Å². The van der Waals surface area contributed by atoms with Gasteiger partial charge >= 0.3 is 0 Å². The molecule has 42 heavy (non-hydrogen) atoms. The van der Waals surface area contributed by atoms with Crippen molar-refractivity contribution < 1.29 is 9.59 Å². The van der Waals surface area contributed by atoms with Gasteiger partial charge in [-0.3, -0.25) is 9.59 Å². The molecule has 5 aromatic rings. The van der Waals surface area contributed by atoms with Crippen LogP contribution in [0.5, 0.6) is 0 Å². The molecule has 0 bridgehead atoms. The van der Waals surface area contributed by atoms with Crippen LogP contribution in [0.3, 0.4) is 0 Å². The average Bonchev–Trinajstić information content (AvgIpc) is 3.24.